The number of aryl methyl sites for hydroxylation is 1. The molecule has 1 aliphatic heterocycles. The fraction of sp³-hybridized carbons (Fsp3) is 0.692. The molecule has 1 aromatic heterocycles. The molecule has 1 atom stereocenters. The van der Waals surface area contributed by atoms with Crippen LogP contribution >= 0.6 is 0 Å². The fourth-order valence-electron chi connectivity index (χ4n) is 2.34. The van der Waals surface area contributed by atoms with Gasteiger partial charge >= 0.3 is 0 Å². The van der Waals surface area contributed by atoms with E-state index in [0.29, 0.717) is 5.92 Å². The van der Waals surface area contributed by atoms with Crippen LogP contribution in [0.2, 0.25) is 0 Å². The molecule has 94 valence electrons. The molecule has 0 aliphatic carbocycles. The van der Waals surface area contributed by atoms with Crippen LogP contribution in [0.4, 0.5) is 0 Å². The molecule has 2 heterocycles. The molecule has 1 unspecified atom stereocenters. The summed E-state index contributed by atoms with van der Waals surface area (Å²) < 4.78 is 5.50. The van der Waals surface area contributed by atoms with Crippen LogP contribution in [-0.2, 0) is 17.7 Å². The number of methoxy groups -OCH3 is 1. The van der Waals surface area contributed by atoms with Crippen molar-refractivity contribution in [2.24, 2.45) is 5.92 Å². The van der Waals surface area contributed by atoms with Crippen LogP contribution in [0.15, 0.2) is 0 Å². The summed E-state index contributed by atoms with van der Waals surface area (Å²) in [5.74, 6) is 1.22. The van der Waals surface area contributed by atoms with Crippen LogP contribution in [0, 0.1) is 12.8 Å². The van der Waals surface area contributed by atoms with Gasteiger partial charge in [-0.1, -0.05) is 13.8 Å². The topological polar surface area (TPSA) is 47.0 Å². The Morgan fingerprint density at radius 1 is 1.29 bits per heavy atom. The Labute approximate surface area is 103 Å². The Morgan fingerprint density at radius 2 is 2.06 bits per heavy atom. The number of hydrogen-bond donors (Lipinski definition) is 1. The maximum Gasteiger partial charge on any atom is 0.157 e. The van der Waals surface area contributed by atoms with Crippen LogP contribution in [-0.4, -0.2) is 23.6 Å². The maximum atomic E-state index is 5.50. The van der Waals surface area contributed by atoms with E-state index in [-0.39, 0.29) is 6.10 Å². The van der Waals surface area contributed by atoms with Gasteiger partial charge in [0.2, 0.25) is 0 Å². The molecule has 0 saturated carbocycles. The first kappa shape index (κ1) is 12.5. The second-order valence-corrected chi connectivity index (χ2v) is 4.92. The molecular formula is C13H21N3O. The monoisotopic (exact) mass is 235 g/mol. The minimum absolute atomic E-state index is 0.00566. The van der Waals surface area contributed by atoms with Gasteiger partial charge in [0.05, 0.1) is 5.69 Å². The lowest BCUT2D eigenvalue weighted by Gasteiger charge is -2.23. The molecule has 0 aromatic carbocycles. The van der Waals surface area contributed by atoms with Crippen LogP contribution in [0.25, 0.3) is 0 Å². The summed E-state index contributed by atoms with van der Waals surface area (Å²) in [5, 5.41) is 3.36. The molecule has 1 aromatic rings. The Bertz CT molecular complexity index is 404. The Kier molecular flexibility index (Phi) is 3.74. The van der Waals surface area contributed by atoms with Crippen molar-refractivity contribution in [1.82, 2.24) is 15.3 Å². The van der Waals surface area contributed by atoms with E-state index < -0.39 is 0 Å². The zero-order chi connectivity index (χ0) is 12.4. The summed E-state index contributed by atoms with van der Waals surface area (Å²) in [5.41, 5.74) is 3.53. The largest absolute Gasteiger partial charge is 0.373 e. The Hall–Kier alpha value is -1.00. The second kappa shape index (κ2) is 5.10. The smallest absolute Gasteiger partial charge is 0.157 e. The van der Waals surface area contributed by atoms with Crippen LogP contribution < -0.4 is 5.32 Å². The van der Waals surface area contributed by atoms with Crippen molar-refractivity contribution in [3.05, 3.63) is 22.8 Å². The Morgan fingerprint density at radius 3 is 2.71 bits per heavy atom. The second-order valence-electron chi connectivity index (χ2n) is 4.92. The number of fused-ring (bicyclic) bond motifs is 1. The predicted octanol–water partition coefficient (Wildman–Crippen LogP) is 1.77. The first-order chi connectivity index (χ1) is 8.13. The number of nitrogens with one attached hydrogen (secondary N) is 1. The molecule has 0 amide bonds. The molecular weight excluding hydrogens is 214 g/mol. The molecule has 0 bridgehead atoms. The van der Waals surface area contributed by atoms with Crippen molar-refractivity contribution in [1.29, 1.82) is 0 Å². The predicted molar refractivity (Wildman–Crippen MR) is 66.8 cm³/mol. The third-order valence-electron chi connectivity index (χ3n) is 3.27. The van der Waals surface area contributed by atoms with Crippen molar-refractivity contribution in [2.75, 3.05) is 13.7 Å². The molecule has 17 heavy (non-hydrogen) atoms. The SMILES string of the molecule is COC(c1nc(C)c2c(n1)CCNC2)C(C)C. The summed E-state index contributed by atoms with van der Waals surface area (Å²) in [6.07, 6.45) is 0.981. The zero-order valence-corrected chi connectivity index (χ0v) is 11.1. The van der Waals surface area contributed by atoms with Gasteiger partial charge in [0.15, 0.2) is 5.82 Å². The van der Waals surface area contributed by atoms with Gasteiger partial charge in [0.25, 0.3) is 0 Å². The minimum atomic E-state index is -0.00566. The molecule has 1 aliphatic rings. The number of rotatable bonds is 3. The first-order valence-corrected chi connectivity index (χ1v) is 6.23. The number of nitrogens with zero attached hydrogens (tertiary/aromatic N) is 2. The zero-order valence-electron chi connectivity index (χ0n) is 11.1. The van der Waals surface area contributed by atoms with Crippen LogP contribution in [0.5, 0.6) is 0 Å². The van der Waals surface area contributed by atoms with Crippen molar-refractivity contribution >= 4 is 0 Å². The van der Waals surface area contributed by atoms with Crippen LogP contribution in [0.3, 0.4) is 0 Å². The van der Waals surface area contributed by atoms with Crippen molar-refractivity contribution in [3.63, 3.8) is 0 Å². The van der Waals surface area contributed by atoms with Gasteiger partial charge in [-0.05, 0) is 12.8 Å². The van der Waals surface area contributed by atoms with Crippen molar-refractivity contribution in [2.45, 2.75) is 39.8 Å². The van der Waals surface area contributed by atoms with Gasteiger partial charge in [-0.25, -0.2) is 9.97 Å². The molecule has 0 spiro atoms. The highest BCUT2D eigenvalue weighted by Crippen LogP contribution is 2.24. The van der Waals surface area contributed by atoms with Gasteiger partial charge < -0.3 is 10.1 Å². The van der Waals surface area contributed by atoms with E-state index in [2.05, 4.69) is 31.1 Å². The third-order valence-corrected chi connectivity index (χ3v) is 3.27. The van der Waals surface area contributed by atoms with Gasteiger partial charge in [-0.2, -0.15) is 0 Å². The standard InChI is InChI=1S/C13H21N3O/c1-8(2)12(17-4)13-15-9(3)10-7-14-6-5-11(10)16-13/h8,12,14H,5-7H2,1-4H3. The van der Waals surface area contributed by atoms with E-state index >= 15 is 0 Å². The van der Waals surface area contributed by atoms with E-state index in [9.17, 15) is 0 Å². The normalized spacial score (nSPS) is 17.0. The maximum absolute atomic E-state index is 5.50. The van der Waals surface area contributed by atoms with Crippen molar-refractivity contribution in [3.8, 4) is 0 Å². The average Bonchev–Trinajstić information content (AvgIpc) is 2.29. The van der Waals surface area contributed by atoms with E-state index in [0.717, 1.165) is 31.0 Å². The quantitative estimate of drug-likeness (QED) is 0.867. The van der Waals surface area contributed by atoms with E-state index in [4.69, 9.17) is 9.72 Å². The molecule has 4 nitrogen and oxygen atoms in total. The summed E-state index contributed by atoms with van der Waals surface area (Å²) in [6, 6.07) is 0. The molecule has 0 fully saturated rings. The fourth-order valence-corrected chi connectivity index (χ4v) is 2.34. The number of aromatic nitrogens is 2. The summed E-state index contributed by atoms with van der Waals surface area (Å²) in [4.78, 5) is 9.29. The minimum Gasteiger partial charge on any atom is -0.373 e. The molecule has 0 saturated heterocycles. The van der Waals surface area contributed by atoms with E-state index in [1.165, 1.54) is 11.3 Å². The van der Waals surface area contributed by atoms with Gasteiger partial charge in [0.1, 0.15) is 6.10 Å². The number of ether oxygens (including phenoxy) is 1. The highest BCUT2D eigenvalue weighted by Gasteiger charge is 2.22. The summed E-state index contributed by atoms with van der Waals surface area (Å²) in [6.45, 7) is 8.22. The highest BCUT2D eigenvalue weighted by atomic mass is 16.5. The summed E-state index contributed by atoms with van der Waals surface area (Å²) in [7, 11) is 1.73. The lowest BCUT2D eigenvalue weighted by atomic mass is 10.0. The van der Waals surface area contributed by atoms with Gasteiger partial charge in [0, 0.05) is 37.9 Å². The first-order valence-electron chi connectivity index (χ1n) is 6.23. The van der Waals surface area contributed by atoms with Crippen molar-refractivity contribution < 1.29 is 4.74 Å². The molecule has 1 N–H and O–H groups in total. The summed E-state index contributed by atoms with van der Waals surface area (Å²) >= 11 is 0. The average molecular weight is 235 g/mol. The van der Waals surface area contributed by atoms with E-state index in [1.54, 1.807) is 7.11 Å². The lowest BCUT2D eigenvalue weighted by molar-refractivity contribution is 0.0570. The number of hydrogen-bond acceptors (Lipinski definition) is 4. The van der Waals surface area contributed by atoms with Gasteiger partial charge in [-0.3, -0.25) is 0 Å². The molecule has 0 radical (unpaired) electrons. The molecule has 4 heteroatoms. The molecule has 2 rings (SSSR count). The van der Waals surface area contributed by atoms with Gasteiger partial charge in [-0.15, -0.1) is 0 Å². The highest BCUT2D eigenvalue weighted by molar-refractivity contribution is 5.27. The van der Waals surface area contributed by atoms with E-state index in [1.807, 2.05) is 0 Å². The Balaban J connectivity index is 2.39. The lowest BCUT2D eigenvalue weighted by Crippen LogP contribution is -2.27. The third kappa shape index (κ3) is 2.48. The van der Waals surface area contributed by atoms with Crippen LogP contribution in [0.1, 0.15) is 42.7 Å².